The third-order valence-corrected chi connectivity index (χ3v) is 3.11. The summed E-state index contributed by atoms with van der Waals surface area (Å²) in [5.74, 6) is 0.622. The normalized spacial score (nSPS) is 11.6. The molecule has 2 nitrogen and oxygen atoms in total. The van der Waals surface area contributed by atoms with Crippen LogP contribution < -0.4 is 4.74 Å². The first-order valence-corrected chi connectivity index (χ1v) is 6.35. The number of nitrogens with zero attached hydrogens (tertiary/aromatic N) is 1. The molecule has 0 radical (unpaired) electrons. The molecule has 0 aromatic heterocycles. The number of aryl methyl sites for hydroxylation is 2. The quantitative estimate of drug-likeness (QED) is 0.823. The van der Waals surface area contributed by atoms with E-state index < -0.39 is 0 Å². The van der Waals surface area contributed by atoms with Crippen LogP contribution in [0.25, 0.3) is 0 Å². The Kier molecular flexibility index (Phi) is 4.20. The summed E-state index contributed by atoms with van der Waals surface area (Å²) < 4.78 is 5.80. The van der Waals surface area contributed by atoms with E-state index in [4.69, 9.17) is 4.74 Å². The SMILES string of the molecule is Cc1ccc(C)c(OCC(C#N)c2ccccc2)c1. The van der Waals surface area contributed by atoms with Crippen molar-refractivity contribution >= 4 is 0 Å². The number of ether oxygens (including phenoxy) is 1. The maximum Gasteiger partial charge on any atom is 0.122 e. The van der Waals surface area contributed by atoms with Crippen LogP contribution in [0.1, 0.15) is 22.6 Å². The van der Waals surface area contributed by atoms with Gasteiger partial charge in [-0.2, -0.15) is 5.26 Å². The van der Waals surface area contributed by atoms with Crippen molar-refractivity contribution in [1.29, 1.82) is 5.26 Å². The van der Waals surface area contributed by atoms with Crippen LogP contribution in [-0.4, -0.2) is 6.61 Å². The highest BCUT2D eigenvalue weighted by Gasteiger charge is 2.11. The van der Waals surface area contributed by atoms with Gasteiger partial charge < -0.3 is 4.74 Å². The van der Waals surface area contributed by atoms with Gasteiger partial charge in [0, 0.05) is 0 Å². The van der Waals surface area contributed by atoms with E-state index in [1.807, 2.05) is 56.3 Å². The van der Waals surface area contributed by atoms with Crippen molar-refractivity contribution in [2.45, 2.75) is 19.8 Å². The Balaban J connectivity index is 2.09. The van der Waals surface area contributed by atoms with E-state index in [1.165, 1.54) is 0 Å². The van der Waals surface area contributed by atoms with Gasteiger partial charge in [-0.25, -0.2) is 0 Å². The first-order chi connectivity index (χ1) is 9.20. The average molecular weight is 251 g/mol. The van der Waals surface area contributed by atoms with Crippen LogP contribution in [-0.2, 0) is 0 Å². The summed E-state index contributed by atoms with van der Waals surface area (Å²) in [6, 6.07) is 18.1. The molecule has 2 aromatic carbocycles. The van der Waals surface area contributed by atoms with Crippen molar-refractivity contribution in [3.8, 4) is 11.8 Å². The van der Waals surface area contributed by atoms with E-state index in [2.05, 4.69) is 12.1 Å². The third kappa shape index (κ3) is 3.35. The smallest absolute Gasteiger partial charge is 0.122 e. The van der Waals surface area contributed by atoms with E-state index in [1.54, 1.807) is 0 Å². The summed E-state index contributed by atoms with van der Waals surface area (Å²) in [5.41, 5.74) is 3.25. The molecule has 2 heteroatoms. The molecule has 0 fully saturated rings. The molecule has 1 unspecified atom stereocenters. The van der Waals surface area contributed by atoms with Gasteiger partial charge in [0.15, 0.2) is 0 Å². The molecule has 2 aromatic rings. The van der Waals surface area contributed by atoms with Crippen molar-refractivity contribution in [2.75, 3.05) is 6.61 Å². The Morgan fingerprint density at radius 3 is 2.53 bits per heavy atom. The minimum atomic E-state index is -0.235. The molecule has 19 heavy (non-hydrogen) atoms. The summed E-state index contributed by atoms with van der Waals surface area (Å²) in [6.45, 7) is 4.43. The second-order valence-electron chi connectivity index (χ2n) is 4.67. The van der Waals surface area contributed by atoms with Crippen LogP contribution in [0, 0.1) is 25.2 Å². The van der Waals surface area contributed by atoms with Gasteiger partial charge in [0.25, 0.3) is 0 Å². The van der Waals surface area contributed by atoms with Crippen LogP contribution in [0.4, 0.5) is 0 Å². The summed E-state index contributed by atoms with van der Waals surface area (Å²) in [6.07, 6.45) is 0. The molecule has 0 aliphatic rings. The van der Waals surface area contributed by atoms with Gasteiger partial charge in [-0.05, 0) is 36.6 Å². The van der Waals surface area contributed by atoms with Gasteiger partial charge in [-0.3, -0.25) is 0 Å². The van der Waals surface area contributed by atoms with E-state index >= 15 is 0 Å². The van der Waals surface area contributed by atoms with Gasteiger partial charge in [0.1, 0.15) is 18.3 Å². The van der Waals surface area contributed by atoms with E-state index in [9.17, 15) is 5.26 Å². The fraction of sp³-hybridized carbons (Fsp3) is 0.235. The third-order valence-electron chi connectivity index (χ3n) is 3.11. The molecule has 96 valence electrons. The molecule has 0 saturated heterocycles. The van der Waals surface area contributed by atoms with Crippen LogP contribution in [0.2, 0.25) is 0 Å². The van der Waals surface area contributed by atoms with Crippen LogP contribution in [0.5, 0.6) is 5.75 Å². The second kappa shape index (κ2) is 6.06. The lowest BCUT2D eigenvalue weighted by molar-refractivity contribution is 0.306. The summed E-state index contributed by atoms with van der Waals surface area (Å²) in [5, 5.41) is 9.25. The number of rotatable bonds is 4. The van der Waals surface area contributed by atoms with Crippen molar-refractivity contribution in [3.63, 3.8) is 0 Å². The van der Waals surface area contributed by atoms with E-state index in [-0.39, 0.29) is 5.92 Å². The first-order valence-electron chi connectivity index (χ1n) is 6.35. The minimum absolute atomic E-state index is 0.235. The highest BCUT2D eigenvalue weighted by molar-refractivity contribution is 5.36. The zero-order chi connectivity index (χ0) is 13.7. The van der Waals surface area contributed by atoms with Crippen LogP contribution >= 0.6 is 0 Å². The average Bonchev–Trinajstić information content (AvgIpc) is 2.44. The Morgan fingerprint density at radius 1 is 1.11 bits per heavy atom. The number of nitriles is 1. The molecule has 2 rings (SSSR count). The second-order valence-corrected chi connectivity index (χ2v) is 4.67. The monoisotopic (exact) mass is 251 g/mol. The highest BCUT2D eigenvalue weighted by Crippen LogP contribution is 2.22. The van der Waals surface area contributed by atoms with E-state index in [0.717, 1.165) is 22.4 Å². The molecule has 0 saturated carbocycles. The van der Waals surface area contributed by atoms with Gasteiger partial charge >= 0.3 is 0 Å². The molecule has 0 spiro atoms. The molecule has 1 atom stereocenters. The molecule has 0 heterocycles. The summed E-state index contributed by atoms with van der Waals surface area (Å²) in [7, 11) is 0. The first kappa shape index (κ1) is 13.2. The molecule has 0 bridgehead atoms. The summed E-state index contributed by atoms with van der Waals surface area (Å²) in [4.78, 5) is 0. The van der Waals surface area contributed by atoms with Crippen molar-refractivity contribution in [3.05, 3.63) is 65.2 Å². The number of hydrogen-bond acceptors (Lipinski definition) is 2. The predicted molar refractivity (Wildman–Crippen MR) is 76.2 cm³/mol. The standard InChI is InChI=1S/C17H17NO/c1-13-8-9-14(2)17(10-13)19-12-16(11-18)15-6-4-3-5-7-15/h3-10,16H,12H2,1-2H3. The van der Waals surface area contributed by atoms with Crippen molar-refractivity contribution < 1.29 is 4.74 Å². The highest BCUT2D eigenvalue weighted by atomic mass is 16.5. The fourth-order valence-corrected chi connectivity index (χ4v) is 1.93. The number of hydrogen-bond donors (Lipinski definition) is 0. The van der Waals surface area contributed by atoms with Crippen LogP contribution in [0.3, 0.4) is 0 Å². The van der Waals surface area contributed by atoms with Gasteiger partial charge in [-0.1, -0.05) is 42.5 Å². The summed E-state index contributed by atoms with van der Waals surface area (Å²) >= 11 is 0. The predicted octanol–water partition coefficient (Wildman–Crippen LogP) is 3.99. The molecule has 0 N–H and O–H groups in total. The molecular weight excluding hydrogens is 234 g/mol. The van der Waals surface area contributed by atoms with Crippen molar-refractivity contribution in [2.24, 2.45) is 0 Å². The van der Waals surface area contributed by atoms with Gasteiger partial charge in [0.05, 0.1) is 6.07 Å². The molecule has 0 amide bonds. The number of benzene rings is 2. The molecule has 0 aliphatic heterocycles. The van der Waals surface area contributed by atoms with Gasteiger partial charge in [-0.15, -0.1) is 0 Å². The minimum Gasteiger partial charge on any atom is -0.492 e. The molecule has 0 aliphatic carbocycles. The van der Waals surface area contributed by atoms with E-state index in [0.29, 0.717) is 6.61 Å². The Bertz CT molecular complexity index is 584. The van der Waals surface area contributed by atoms with Crippen LogP contribution in [0.15, 0.2) is 48.5 Å². The fourth-order valence-electron chi connectivity index (χ4n) is 1.93. The zero-order valence-electron chi connectivity index (χ0n) is 11.3. The largest absolute Gasteiger partial charge is 0.492 e. The maximum atomic E-state index is 9.25. The maximum absolute atomic E-state index is 9.25. The Labute approximate surface area is 114 Å². The molecular formula is C17H17NO. The lowest BCUT2D eigenvalue weighted by atomic mass is 10.0. The Morgan fingerprint density at radius 2 is 1.84 bits per heavy atom. The topological polar surface area (TPSA) is 33.0 Å². The van der Waals surface area contributed by atoms with Gasteiger partial charge in [0.2, 0.25) is 0 Å². The van der Waals surface area contributed by atoms with Crippen molar-refractivity contribution in [1.82, 2.24) is 0 Å². The Hall–Kier alpha value is -2.27. The zero-order valence-corrected chi connectivity index (χ0v) is 11.3. The lowest BCUT2D eigenvalue weighted by Gasteiger charge is -2.13. The lowest BCUT2D eigenvalue weighted by Crippen LogP contribution is -2.09.